The van der Waals surface area contributed by atoms with Crippen LogP contribution in [0.25, 0.3) is 0 Å². The summed E-state index contributed by atoms with van der Waals surface area (Å²) in [4.78, 5) is 12.9. The van der Waals surface area contributed by atoms with Crippen molar-refractivity contribution in [2.24, 2.45) is 34.6 Å². The van der Waals surface area contributed by atoms with Crippen molar-refractivity contribution in [3.05, 3.63) is 0 Å². The molecule has 3 saturated heterocycles. The molecule has 0 amide bonds. The first-order valence-corrected chi connectivity index (χ1v) is 17.5. The fraction of sp³-hybridized carbons (Fsp3) is 0.967. The Morgan fingerprint density at radius 1 is 0.750 bits per heavy atom. The first-order valence-electron chi connectivity index (χ1n) is 17.5. The molecule has 3 heterocycles. The molecule has 22 heteroatoms. The Labute approximate surface area is 300 Å². The number of hydrogen-bond acceptors (Lipinski definition) is 22. The van der Waals surface area contributed by atoms with Crippen molar-refractivity contribution in [2.75, 3.05) is 39.4 Å². The first kappa shape index (κ1) is 43.6. The number of aliphatic hydroxyl groups is 9. The number of Topliss-reactive ketones (excluding diaryl/α,β-unsaturated/α-hetero) is 1. The normalized spacial score (nSPS) is 45.5. The summed E-state index contributed by atoms with van der Waals surface area (Å²) >= 11 is 0. The van der Waals surface area contributed by atoms with E-state index in [1.54, 1.807) is 0 Å². The van der Waals surface area contributed by atoms with Crippen molar-refractivity contribution < 1.29 is 79.2 Å². The summed E-state index contributed by atoms with van der Waals surface area (Å²) in [6, 6.07) is -3.17. The van der Waals surface area contributed by atoms with Crippen molar-refractivity contribution in [3.8, 4) is 0 Å². The first-order chi connectivity index (χ1) is 24.7. The van der Waals surface area contributed by atoms with Crippen LogP contribution in [-0.2, 0) is 33.2 Å². The number of carbonyl (C=O) groups is 1. The van der Waals surface area contributed by atoms with Crippen LogP contribution in [0.4, 0.5) is 0 Å². The van der Waals surface area contributed by atoms with Gasteiger partial charge in [0.15, 0.2) is 24.7 Å². The van der Waals surface area contributed by atoms with E-state index in [4.69, 9.17) is 62.2 Å². The van der Waals surface area contributed by atoms with Gasteiger partial charge in [-0.3, -0.25) is 4.79 Å². The molecule has 0 radical (unpaired) electrons. The van der Waals surface area contributed by atoms with Gasteiger partial charge in [0.2, 0.25) is 0 Å². The van der Waals surface area contributed by atoms with Gasteiger partial charge in [-0.1, -0.05) is 0 Å². The smallest absolute Gasteiger partial charge is 0.187 e. The average Bonchev–Trinajstić information content (AvgIpc) is 3.42. The SMILES string of the molecule is NC[C@@H]1O[C@H](O[C@H]2[C@@H](O)[C@H](O[C@@H]3[C@@H](O)[C@H](CC(=O)[C@@H](O)[C@@H](O)CN)C[C@H](N)[C@H]3O[C@H]3O[C@H](CNCCO)[C@@H](O)C[C@H]3N)O[C@@H]2CO)[C@H](N)[C@@H](O)[C@@H]1O. The van der Waals surface area contributed by atoms with Crippen LogP contribution in [0.5, 0.6) is 0 Å². The summed E-state index contributed by atoms with van der Waals surface area (Å²) in [7, 11) is 0. The van der Waals surface area contributed by atoms with E-state index in [1.165, 1.54) is 0 Å². The lowest BCUT2D eigenvalue weighted by Crippen LogP contribution is -2.64. The van der Waals surface area contributed by atoms with E-state index in [0.717, 1.165) is 0 Å². The van der Waals surface area contributed by atoms with Gasteiger partial charge in [0.25, 0.3) is 0 Å². The highest BCUT2D eigenvalue weighted by Crippen LogP contribution is 2.37. The molecule has 0 unspecified atom stereocenters. The Kier molecular flexibility index (Phi) is 16.4. The molecule has 0 aromatic carbocycles. The fourth-order valence-corrected chi connectivity index (χ4v) is 7.01. The fourth-order valence-electron chi connectivity index (χ4n) is 7.01. The van der Waals surface area contributed by atoms with Gasteiger partial charge >= 0.3 is 0 Å². The molecule has 1 saturated carbocycles. The minimum Gasteiger partial charge on any atom is -0.395 e. The van der Waals surface area contributed by atoms with Crippen molar-refractivity contribution in [1.29, 1.82) is 0 Å². The van der Waals surface area contributed by atoms with Crippen molar-refractivity contribution >= 4 is 5.78 Å². The maximum Gasteiger partial charge on any atom is 0.187 e. The minimum atomic E-state index is -1.84. The monoisotopic (exact) mass is 758 g/mol. The number of nitrogens with one attached hydrogen (secondary N) is 1. The second-order valence-electron chi connectivity index (χ2n) is 13.9. The van der Waals surface area contributed by atoms with E-state index < -0.39 is 148 Å². The van der Waals surface area contributed by atoms with Crippen LogP contribution in [0.1, 0.15) is 19.3 Å². The number of nitrogens with two attached hydrogens (primary N) is 5. The highest BCUT2D eigenvalue weighted by Gasteiger charge is 2.54. The summed E-state index contributed by atoms with van der Waals surface area (Å²) in [6.07, 6.45) is -22.6. The molecule has 0 aromatic heterocycles. The van der Waals surface area contributed by atoms with Crippen molar-refractivity contribution in [3.63, 3.8) is 0 Å². The minimum absolute atomic E-state index is 0.0500. The Hall–Kier alpha value is -1.17. The van der Waals surface area contributed by atoms with E-state index in [9.17, 15) is 45.6 Å². The van der Waals surface area contributed by atoms with Crippen molar-refractivity contribution in [1.82, 2.24) is 5.32 Å². The van der Waals surface area contributed by atoms with Crippen LogP contribution < -0.4 is 34.0 Å². The quantitative estimate of drug-likeness (QED) is 0.0612. The van der Waals surface area contributed by atoms with Crippen LogP contribution in [0.3, 0.4) is 0 Å². The molecule has 20 atom stereocenters. The van der Waals surface area contributed by atoms with E-state index >= 15 is 0 Å². The summed E-state index contributed by atoms with van der Waals surface area (Å²) in [5, 5.41) is 96.6. The van der Waals surface area contributed by atoms with Crippen LogP contribution >= 0.6 is 0 Å². The molecule has 1 aliphatic carbocycles. The predicted octanol–water partition coefficient (Wildman–Crippen LogP) is -9.31. The third-order valence-electron chi connectivity index (χ3n) is 10.1. The molecule has 20 N–H and O–H groups in total. The molecule has 0 aromatic rings. The Balaban J connectivity index is 1.56. The molecular formula is C30H58N6O16. The summed E-state index contributed by atoms with van der Waals surface area (Å²) < 4.78 is 35.6. The zero-order valence-electron chi connectivity index (χ0n) is 28.7. The number of carbonyl (C=O) groups excluding carboxylic acids is 1. The van der Waals surface area contributed by atoms with Gasteiger partial charge < -0.3 is 108 Å². The molecular weight excluding hydrogens is 700 g/mol. The average molecular weight is 759 g/mol. The highest BCUT2D eigenvalue weighted by atomic mass is 16.8. The van der Waals surface area contributed by atoms with Crippen molar-refractivity contribution in [2.45, 2.75) is 136 Å². The van der Waals surface area contributed by atoms with Crippen LogP contribution in [0.2, 0.25) is 0 Å². The van der Waals surface area contributed by atoms with E-state index in [0.29, 0.717) is 0 Å². The second-order valence-corrected chi connectivity index (χ2v) is 13.9. The molecule has 304 valence electrons. The van der Waals surface area contributed by atoms with Gasteiger partial charge in [-0.15, -0.1) is 0 Å². The van der Waals surface area contributed by atoms with E-state index in [2.05, 4.69) is 5.32 Å². The Morgan fingerprint density at radius 2 is 1.38 bits per heavy atom. The number of ether oxygens (including phenoxy) is 6. The Bertz CT molecular complexity index is 1110. The highest BCUT2D eigenvalue weighted by molar-refractivity contribution is 5.83. The summed E-state index contributed by atoms with van der Waals surface area (Å²) in [6.45, 7) is -1.10. The number of ketones is 1. The van der Waals surface area contributed by atoms with Gasteiger partial charge in [-0.2, -0.15) is 0 Å². The van der Waals surface area contributed by atoms with Gasteiger partial charge in [0.05, 0.1) is 49.7 Å². The molecule has 4 aliphatic rings. The van der Waals surface area contributed by atoms with E-state index in [1.807, 2.05) is 0 Å². The lowest BCUT2D eigenvalue weighted by atomic mass is 9.76. The zero-order chi connectivity index (χ0) is 38.4. The molecule has 22 nitrogen and oxygen atoms in total. The molecule has 0 bridgehead atoms. The molecule has 4 fully saturated rings. The summed E-state index contributed by atoms with van der Waals surface area (Å²) in [5.74, 6) is -1.80. The Morgan fingerprint density at radius 3 is 2.02 bits per heavy atom. The van der Waals surface area contributed by atoms with Gasteiger partial charge in [-0.25, -0.2) is 0 Å². The van der Waals surface area contributed by atoms with Gasteiger partial charge in [0.1, 0.15) is 54.9 Å². The van der Waals surface area contributed by atoms with Gasteiger partial charge in [0, 0.05) is 38.6 Å². The van der Waals surface area contributed by atoms with Crippen LogP contribution in [0.15, 0.2) is 0 Å². The topological polar surface area (TPSA) is 397 Å². The summed E-state index contributed by atoms with van der Waals surface area (Å²) in [5.41, 5.74) is 29.9. The number of hydrogen-bond donors (Lipinski definition) is 15. The molecule has 0 spiro atoms. The lowest BCUT2D eigenvalue weighted by Gasteiger charge is -2.47. The van der Waals surface area contributed by atoms with E-state index in [-0.39, 0.29) is 39.1 Å². The standard InChI is InChI=1S/C30H58N6O16/c31-6-15(41)21(43)14(40)4-10-3-11(33)25(50-28-12(34)5-13(39)17(48-28)8-36-1-2-37)27(20(10)42)52-30-24(46)26(18(9-38)49-30)51-29-19(35)23(45)22(44)16(7-32)47-29/h10-13,15-30,36-39,41-46H,1-9,31-35H2/t10-,11-,12+,13-,15-,16-,17+,18+,19+,20-,21+,22+,23+,24+,25+,26+,27+,28+,29+,30-/m0/s1. The maximum atomic E-state index is 12.9. The van der Waals surface area contributed by atoms with Crippen LogP contribution in [-0.4, -0.2) is 207 Å². The largest absolute Gasteiger partial charge is 0.395 e. The third-order valence-corrected chi connectivity index (χ3v) is 10.1. The lowest BCUT2D eigenvalue weighted by molar-refractivity contribution is -0.299. The predicted molar refractivity (Wildman–Crippen MR) is 174 cm³/mol. The second kappa shape index (κ2) is 19.6. The molecule has 4 rings (SSSR count). The van der Waals surface area contributed by atoms with Gasteiger partial charge in [-0.05, 0) is 18.8 Å². The maximum absolute atomic E-state index is 12.9. The third kappa shape index (κ3) is 9.97. The molecule has 52 heavy (non-hydrogen) atoms. The number of rotatable bonds is 17. The number of aliphatic hydroxyl groups excluding tert-OH is 9. The molecule has 3 aliphatic heterocycles. The van der Waals surface area contributed by atoms with Crippen LogP contribution in [0, 0.1) is 5.92 Å². The zero-order valence-corrected chi connectivity index (χ0v) is 28.7.